The molecule has 0 atom stereocenters. The molecule has 3 aromatic rings. The zero-order valence-electron chi connectivity index (χ0n) is 12.9. The second kappa shape index (κ2) is 8.26. The molecule has 3 rings (SSSR count). The van der Waals surface area contributed by atoms with E-state index in [0.29, 0.717) is 22.0 Å². The number of nitriles is 1. The number of fused-ring (bicyclic) bond motifs is 1. The van der Waals surface area contributed by atoms with Gasteiger partial charge in [-0.05, 0) is 42.7 Å². The lowest BCUT2D eigenvalue weighted by Gasteiger charge is -2.04. The Morgan fingerprint density at radius 3 is 2.38 bits per heavy atom. The largest absolute Gasteiger partial charge is 0.383 e. The highest BCUT2D eigenvalue weighted by atomic mass is 35.5. The summed E-state index contributed by atoms with van der Waals surface area (Å²) in [6, 6.07) is 14.7. The zero-order chi connectivity index (χ0) is 17.5. The summed E-state index contributed by atoms with van der Waals surface area (Å²) in [4.78, 5) is 4.17. The van der Waals surface area contributed by atoms with E-state index in [0.717, 1.165) is 16.3 Å². The molecule has 1 aromatic heterocycles. The number of aromatic nitrogens is 1. The maximum atomic E-state index is 8.79. The van der Waals surface area contributed by atoms with Crippen LogP contribution in [-0.2, 0) is 0 Å². The van der Waals surface area contributed by atoms with E-state index in [2.05, 4.69) is 35.5 Å². The van der Waals surface area contributed by atoms with Gasteiger partial charge in [-0.2, -0.15) is 17.9 Å². The molecule has 1 heterocycles. The van der Waals surface area contributed by atoms with Crippen LogP contribution in [0.2, 0.25) is 5.02 Å². The fourth-order valence-corrected chi connectivity index (χ4v) is 2.27. The quantitative estimate of drug-likeness (QED) is 0.469. The number of nitrogen functional groups attached to an aromatic ring is 1. The first-order valence-corrected chi connectivity index (χ1v) is 8.25. The van der Waals surface area contributed by atoms with Gasteiger partial charge in [0.25, 0.3) is 0 Å². The third kappa shape index (κ3) is 4.00. The van der Waals surface area contributed by atoms with Crippen LogP contribution < -0.4 is 5.73 Å². The Bertz CT molecular complexity index is 959. The highest BCUT2D eigenvalue weighted by Crippen LogP contribution is 2.24. The minimum Gasteiger partial charge on any atom is -0.383 e. The number of nitrogens with two attached hydrogens (primary N) is 1. The van der Waals surface area contributed by atoms with Crippen LogP contribution in [0.5, 0.6) is 0 Å². The minimum atomic E-state index is 0.371. The summed E-state index contributed by atoms with van der Waals surface area (Å²) in [7, 11) is 0. The van der Waals surface area contributed by atoms with E-state index in [4.69, 9.17) is 22.6 Å². The predicted molar refractivity (Wildman–Crippen MR) is 103 cm³/mol. The Hall–Kier alpha value is -2.66. The monoisotopic (exact) mass is 351 g/mol. The fraction of sp³-hybridized carbons (Fsp3) is 0.0526. The summed E-state index contributed by atoms with van der Waals surface area (Å²) in [5, 5.41) is 11.2. The molecule has 0 radical (unpaired) electrons. The smallest absolute Gasteiger partial charge is 0.139 e. The van der Waals surface area contributed by atoms with Gasteiger partial charge in [-0.3, -0.25) is 0 Å². The van der Waals surface area contributed by atoms with E-state index >= 15 is 0 Å². The highest BCUT2D eigenvalue weighted by molar-refractivity contribution is 7.79. The molecule has 118 valence electrons. The maximum absolute atomic E-state index is 8.79. The number of rotatable bonds is 0. The molecule has 0 unspecified atom stereocenters. The zero-order valence-corrected chi connectivity index (χ0v) is 14.6. The fourth-order valence-electron chi connectivity index (χ4n) is 2.09. The third-order valence-corrected chi connectivity index (χ3v) is 3.46. The van der Waals surface area contributed by atoms with Crippen molar-refractivity contribution in [3.63, 3.8) is 0 Å². The van der Waals surface area contributed by atoms with Crippen LogP contribution >= 0.6 is 24.2 Å². The summed E-state index contributed by atoms with van der Waals surface area (Å²) in [5.41, 5.74) is 8.01. The van der Waals surface area contributed by atoms with Crippen molar-refractivity contribution in [2.45, 2.75) is 0 Å². The molecular weight excluding hydrogens is 338 g/mol. The van der Waals surface area contributed by atoms with Crippen LogP contribution in [0, 0.1) is 23.2 Å². The van der Waals surface area contributed by atoms with Crippen LogP contribution in [0.4, 0.5) is 5.82 Å². The van der Waals surface area contributed by atoms with Crippen molar-refractivity contribution in [2.75, 3.05) is 12.0 Å². The second-order valence-corrected chi connectivity index (χ2v) is 5.13. The van der Waals surface area contributed by atoms with E-state index in [1.807, 2.05) is 12.1 Å². The maximum Gasteiger partial charge on any atom is 0.139 e. The van der Waals surface area contributed by atoms with Crippen molar-refractivity contribution in [1.29, 1.82) is 5.26 Å². The molecular formula is C19H14ClN3S. The second-order valence-electron chi connectivity index (χ2n) is 4.69. The average Bonchev–Trinajstić information content (AvgIpc) is 2.63. The number of anilines is 1. The van der Waals surface area contributed by atoms with Crippen molar-refractivity contribution in [3.8, 4) is 17.9 Å². The highest BCUT2D eigenvalue weighted by Gasteiger charge is 2.05. The number of nitrogens with zero attached hydrogens (tertiary/aromatic N) is 2. The van der Waals surface area contributed by atoms with Crippen molar-refractivity contribution < 1.29 is 0 Å². The molecule has 3 nitrogen and oxygen atoms in total. The number of pyridine rings is 1. The van der Waals surface area contributed by atoms with Crippen LogP contribution in [0.25, 0.3) is 10.8 Å². The van der Waals surface area contributed by atoms with E-state index in [-0.39, 0.29) is 0 Å². The molecule has 0 aliphatic rings. The summed E-state index contributed by atoms with van der Waals surface area (Å²) in [6.45, 7) is 0. The first-order valence-electron chi connectivity index (χ1n) is 6.98. The number of hydrogen-bond donors (Lipinski definition) is 2. The summed E-state index contributed by atoms with van der Waals surface area (Å²) < 4.78 is 0. The molecule has 0 spiro atoms. The lowest BCUT2D eigenvalue weighted by atomic mass is 10.1. The molecule has 0 amide bonds. The average molecular weight is 352 g/mol. The molecule has 0 bridgehead atoms. The van der Waals surface area contributed by atoms with Gasteiger partial charge in [0.1, 0.15) is 5.82 Å². The van der Waals surface area contributed by atoms with Gasteiger partial charge in [0, 0.05) is 27.6 Å². The van der Waals surface area contributed by atoms with Gasteiger partial charge in [0.05, 0.1) is 17.2 Å². The lowest BCUT2D eigenvalue weighted by Crippen LogP contribution is -1.95. The Kier molecular flexibility index (Phi) is 6.09. The number of halogens is 1. The van der Waals surface area contributed by atoms with Crippen molar-refractivity contribution in [2.24, 2.45) is 0 Å². The molecule has 0 saturated carbocycles. The number of thiol groups is 1. The van der Waals surface area contributed by atoms with E-state index in [1.165, 1.54) is 0 Å². The van der Waals surface area contributed by atoms with Gasteiger partial charge in [-0.1, -0.05) is 29.5 Å². The van der Waals surface area contributed by atoms with Crippen molar-refractivity contribution >= 4 is 40.8 Å². The minimum absolute atomic E-state index is 0.371. The Balaban J connectivity index is 0.00000100. The summed E-state index contributed by atoms with van der Waals surface area (Å²) in [6.07, 6.45) is 3.40. The molecule has 2 aromatic carbocycles. The van der Waals surface area contributed by atoms with Crippen LogP contribution in [0.3, 0.4) is 0 Å². The molecule has 0 aliphatic carbocycles. The summed E-state index contributed by atoms with van der Waals surface area (Å²) in [5.74, 6) is 6.47. The van der Waals surface area contributed by atoms with Gasteiger partial charge in [-0.25, -0.2) is 4.98 Å². The molecule has 2 N–H and O–H groups in total. The third-order valence-electron chi connectivity index (χ3n) is 3.23. The summed E-state index contributed by atoms with van der Waals surface area (Å²) >= 11 is 9.58. The number of hydrogen-bond acceptors (Lipinski definition) is 4. The van der Waals surface area contributed by atoms with E-state index in [1.54, 1.807) is 42.8 Å². The van der Waals surface area contributed by atoms with E-state index < -0.39 is 0 Å². The standard InChI is InChI=1S/C18H10ClN3.CH4S/c19-15-7-6-14-11-22-18(21)16(17(14)9-15)8-5-12-1-3-13(10-20)4-2-12;1-2/h1-4,6-7,9,11H,(H2,21,22);2H,1H3. The van der Waals surface area contributed by atoms with Crippen LogP contribution in [-0.4, -0.2) is 11.2 Å². The predicted octanol–water partition coefficient (Wildman–Crippen LogP) is 4.29. The number of benzene rings is 2. The van der Waals surface area contributed by atoms with Crippen LogP contribution in [0.15, 0.2) is 48.7 Å². The van der Waals surface area contributed by atoms with Gasteiger partial charge in [0.15, 0.2) is 0 Å². The Morgan fingerprint density at radius 1 is 1.04 bits per heavy atom. The molecule has 5 heteroatoms. The van der Waals surface area contributed by atoms with Gasteiger partial charge in [0.2, 0.25) is 0 Å². The first-order chi connectivity index (χ1) is 11.7. The first kappa shape index (κ1) is 17.7. The van der Waals surface area contributed by atoms with Gasteiger partial charge >= 0.3 is 0 Å². The van der Waals surface area contributed by atoms with Gasteiger partial charge in [-0.15, -0.1) is 0 Å². The van der Waals surface area contributed by atoms with E-state index in [9.17, 15) is 0 Å². The topological polar surface area (TPSA) is 62.7 Å². The van der Waals surface area contributed by atoms with Crippen molar-refractivity contribution in [3.05, 3.63) is 70.4 Å². The van der Waals surface area contributed by atoms with Gasteiger partial charge < -0.3 is 5.73 Å². The molecule has 24 heavy (non-hydrogen) atoms. The van der Waals surface area contributed by atoms with Crippen LogP contribution in [0.1, 0.15) is 16.7 Å². The molecule has 0 aliphatic heterocycles. The molecule has 0 fully saturated rings. The van der Waals surface area contributed by atoms with Crippen molar-refractivity contribution in [1.82, 2.24) is 4.98 Å². The Labute approximate surface area is 151 Å². The normalized spacial score (nSPS) is 9.25. The Morgan fingerprint density at radius 2 is 1.71 bits per heavy atom. The lowest BCUT2D eigenvalue weighted by molar-refractivity contribution is 1.36. The molecule has 0 saturated heterocycles. The SMILES string of the molecule is CS.N#Cc1ccc(C#Cc2c(N)ncc3ccc(Cl)cc23)cc1.